The summed E-state index contributed by atoms with van der Waals surface area (Å²) in [6, 6.07) is 10.7. The summed E-state index contributed by atoms with van der Waals surface area (Å²) >= 11 is 18.1. The molecule has 0 aliphatic heterocycles. The molecule has 2 amide bonds. The van der Waals surface area contributed by atoms with Gasteiger partial charge in [0.15, 0.2) is 0 Å². The number of hydrogen-bond acceptors (Lipinski definition) is 4. The highest BCUT2D eigenvalue weighted by Crippen LogP contribution is 2.25. The Hall–Kier alpha value is -2.00. The number of rotatable bonds is 12. The van der Waals surface area contributed by atoms with E-state index in [9.17, 15) is 18.0 Å². The van der Waals surface area contributed by atoms with Crippen molar-refractivity contribution in [3.8, 4) is 0 Å². The minimum atomic E-state index is -3.58. The molecule has 0 spiro atoms. The smallest absolute Gasteiger partial charge is 0.243 e. The molecule has 2 aromatic carbocycles. The van der Waals surface area contributed by atoms with Crippen LogP contribution in [0.15, 0.2) is 42.5 Å². The SMILES string of the molecule is CC[C@@H](C(=O)NC(C)C)N(Cc1ccc(Cl)c(Cl)c1)C(=O)CCCN(c1ccc(Cl)cc1)S(C)(=O)=O. The molecule has 36 heavy (non-hydrogen) atoms. The fourth-order valence-electron chi connectivity index (χ4n) is 3.75. The van der Waals surface area contributed by atoms with E-state index in [0.29, 0.717) is 27.2 Å². The van der Waals surface area contributed by atoms with Crippen molar-refractivity contribution in [2.24, 2.45) is 0 Å². The number of amides is 2. The maximum atomic E-state index is 13.4. The van der Waals surface area contributed by atoms with E-state index in [2.05, 4.69) is 5.32 Å². The summed E-state index contributed by atoms with van der Waals surface area (Å²) in [4.78, 5) is 27.8. The van der Waals surface area contributed by atoms with E-state index in [0.717, 1.165) is 11.8 Å². The van der Waals surface area contributed by atoms with E-state index >= 15 is 0 Å². The lowest BCUT2D eigenvalue weighted by atomic mass is 10.1. The van der Waals surface area contributed by atoms with Gasteiger partial charge in [-0.3, -0.25) is 13.9 Å². The van der Waals surface area contributed by atoms with Gasteiger partial charge in [-0.1, -0.05) is 47.8 Å². The molecule has 198 valence electrons. The van der Waals surface area contributed by atoms with E-state index < -0.39 is 16.1 Å². The van der Waals surface area contributed by atoms with Gasteiger partial charge in [0.2, 0.25) is 21.8 Å². The first-order chi connectivity index (χ1) is 16.8. The van der Waals surface area contributed by atoms with Crippen molar-refractivity contribution in [3.63, 3.8) is 0 Å². The average Bonchev–Trinajstić information content (AvgIpc) is 2.78. The highest BCUT2D eigenvalue weighted by molar-refractivity contribution is 7.92. The van der Waals surface area contributed by atoms with Crippen LogP contribution in [-0.4, -0.2) is 50.0 Å². The molecule has 0 saturated carbocycles. The summed E-state index contributed by atoms with van der Waals surface area (Å²) in [6.07, 6.45) is 1.83. The number of halogens is 3. The van der Waals surface area contributed by atoms with Gasteiger partial charge in [0.05, 0.1) is 22.0 Å². The number of nitrogens with one attached hydrogen (secondary N) is 1. The Labute approximate surface area is 228 Å². The van der Waals surface area contributed by atoms with Crippen LogP contribution < -0.4 is 9.62 Å². The summed E-state index contributed by atoms with van der Waals surface area (Å²) < 4.78 is 26.0. The number of anilines is 1. The molecule has 0 aromatic heterocycles. The molecule has 0 aliphatic rings. The van der Waals surface area contributed by atoms with Crippen LogP contribution in [0.25, 0.3) is 0 Å². The molecule has 0 bridgehead atoms. The second-order valence-corrected chi connectivity index (χ2v) is 11.9. The Balaban J connectivity index is 2.23. The van der Waals surface area contributed by atoms with Gasteiger partial charge in [0.1, 0.15) is 6.04 Å². The number of carbonyl (C=O) groups excluding carboxylic acids is 2. The number of hydrogen-bond donors (Lipinski definition) is 1. The third-order valence-electron chi connectivity index (χ3n) is 5.42. The zero-order valence-corrected chi connectivity index (χ0v) is 23.9. The molecular weight excluding hydrogens is 545 g/mol. The zero-order valence-electron chi connectivity index (χ0n) is 20.8. The van der Waals surface area contributed by atoms with Crippen LogP contribution in [0, 0.1) is 0 Å². The summed E-state index contributed by atoms with van der Waals surface area (Å²) in [7, 11) is -3.58. The number of sulfonamides is 1. The van der Waals surface area contributed by atoms with Gasteiger partial charge < -0.3 is 10.2 Å². The quantitative estimate of drug-likeness (QED) is 0.360. The second kappa shape index (κ2) is 13.5. The molecule has 0 radical (unpaired) electrons. The Kier molecular flexibility index (Phi) is 11.3. The van der Waals surface area contributed by atoms with Crippen LogP contribution in [0.5, 0.6) is 0 Å². The van der Waals surface area contributed by atoms with E-state index in [1.165, 1.54) is 9.21 Å². The fraction of sp³-hybridized carbons (Fsp3) is 0.440. The van der Waals surface area contributed by atoms with Crippen molar-refractivity contribution >= 4 is 62.3 Å². The summed E-state index contributed by atoms with van der Waals surface area (Å²) in [5, 5.41) is 4.12. The van der Waals surface area contributed by atoms with Crippen molar-refractivity contribution in [2.75, 3.05) is 17.1 Å². The highest BCUT2D eigenvalue weighted by atomic mass is 35.5. The molecule has 1 N–H and O–H groups in total. The van der Waals surface area contributed by atoms with E-state index in [4.69, 9.17) is 34.8 Å². The molecule has 1 atom stereocenters. The summed E-state index contributed by atoms with van der Waals surface area (Å²) in [5.74, 6) is -0.517. The Morgan fingerprint density at radius 3 is 2.17 bits per heavy atom. The zero-order chi connectivity index (χ0) is 27.0. The molecule has 0 heterocycles. The van der Waals surface area contributed by atoms with Gasteiger partial charge in [-0.15, -0.1) is 0 Å². The molecule has 11 heteroatoms. The molecule has 2 aromatic rings. The average molecular weight is 577 g/mol. The minimum absolute atomic E-state index is 0.0480. The summed E-state index contributed by atoms with van der Waals surface area (Å²) in [6.45, 7) is 5.80. The van der Waals surface area contributed by atoms with Gasteiger partial charge in [0.25, 0.3) is 0 Å². The Morgan fingerprint density at radius 1 is 1.00 bits per heavy atom. The van der Waals surface area contributed by atoms with Gasteiger partial charge in [-0.2, -0.15) is 0 Å². The maximum Gasteiger partial charge on any atom is 0.243 e. The minimum Gasteiger partial charge on any atom is -0.352 e. The van der Waals surface area contributed by atoms with Crippen LogP contribution in [0.2, 0.25) is 15.1 Å². The monoisotopic (exact) mass is 575 g/mol. The molecule has 0 fully saturated rings. The number of benzene rings is 2. The third-order valence-corrected chi connectivity index (χ3v) is 7.61. The van der Waals surface area contributed by atoms with E-state index in [1.807, 2.05) is 20.8 Å². The predicted octanol–water partition coefficient (Wildman–Crippen LogP) is 5.53. The van der Waals surface area contributed by atoms with Gasteiger partial charge in [-0.05, 0) is 68.7 Å². The predicted molar refractivity (Wildman–Crippen MR) is 147 cm³/mol. The van der Waals surface area contributed by atoms with Crippen molar-refractivity contribution in [1.82, 2.24) is 10.2 Å². The lowest BCUT2D eigenvalue weighted by Gasteiger charge is -2.31. The normalized spacial score (nSPS) is 12.3. The van der Waals surface area contributed by atoms with E-state index in [1.54, 1.807) is 42.5 Å². The largest absolute Gasteiger partial charge is 0.352 e. The van der Waals surface area contributed by atoms with Crippen molar-refractivity contribution in [2.45, 2.75) is 58.7 Å². The topological polar surface area (TPSA) is 86.8 Å². The standard InChI is InChI=1S/C25H32Cl3N3O4S/c1-5-23(25(33)29-17(2)3)30(16-18-8-13-21(27)22(28)15-18)24(32)7-6-14-31(36(4,34)35)20-11-9-19(26)10-12-20/h8-13,15,17,23H,5-7,14,16H2,1-4H3,(H,29,33)/t23-/m0/s1. The molecule has 0 unspecified atom stereocenters. The van der Waals surface area contributed by atoms with Gasteiger partial charge in [0, 0.05) is 30.6 Å². The maximum absolute atomic E-state index is 13.4. The first kappa shape index (κ1) is 30.2. The molecule has 2 rings (SSSR count). The lowest BCUT2D eigenvalue weighted by Crippen LogP contribution is -2.50. The van der Waals surface area contributed by atoms with Crippen LogP contribution in [0.4, 0.5) is 5.69 Å². The third kappa shape index (κ3) is 8.83. The van der Waals surface area contributed by atoms with Crippen LogP contribution >= 0.6 is 34.8 Å². The van der Waals surface area contributed by atoms with Crippen LogP contribution in [0.1, 0.15) is 45.6 Å². The highest BCUT2D eigenvalue weighted by Gasteiger charge is 2.29. The second-order valence-electron chi connectivity index (χ2n) is 8.77. The van der Waals surface area contributed by atoms with Crippen LogP contribution in [-0.2, 0) is 26.2 Å². The van der Waals surface area contributed by atoms with Crippen LogP contribution in [0.3, 0.4) is 0 Å². The van der Waals surface area contributed by atoms with Gasteiger partial charge in [-0.25, -0.2) is 8.42 Å². The Bertz CT molecular complexity index is 1160. The molecule has 0 saturated heterocycles. The first-order valence-electron chi connectivity index (χ1n) is 11.6. The van der Waals surface area contributed by atoms with Crippen molar-refractivity contribution in [1.29, 1.82) is 0 Å². The van der Waals surface area contributed by atoms with Crippen molar-refractivity contribution in [3.05, 3.63) is 63.1 Å². The summed E-state index contributed by atoms with van der Waals surface area (Å²) in [5.41, 5.74) is 1.19. The number of carbonyl (C=O) groups is 2. The molecular formula is C25H32Cl3N3O4S. The molecule has 7 nitrogen and oxygen atoms in total. The Morgan fingerprint density at radius 2 is 1.64 bits per heavy atom. The molecule has 0 aliphatic carbocycles. The van der Waals surface area contributed by atoms with E-state index in [-0.39, 0.29) is 43.8 Å². The number of nitrogens with zero attached hydrogens (tertiary/aromatic N) is 2. The first-order valence-corrected chi connectivity index (χ1v) is 14.6. The van der Waals surface area contributed by atoms with Crippen molar-refractivity contribution < 1.29 is 18.0 Å². The lowest BCUT2D eigenvalue weighted by molar-refractivity contribution is -0.141. The van der Waals surface area contributed by atoms with Gasteiger partial charge >= 0.3 is 0 Å². The fourth-order valence-corrected chi connectivity index (χ4v) is 5.16.